The molecule has 0 saturated carbocycles. The maximum absolute atomic E-state index is 11.6. The summed E-state index contributed by atoms with van der Waals surface area (Å²) < 4.78 is 23.2. The van der Waals surface area contributed by atoms with Crippen molar-refractivity contribution in [2.24, 2.45) is 0 Å². The molecule has 0 saturated heterocycles. The van der Waals surface area contributed by atoms with Crippen LogP contribution in [0.25, 0.3) is 0 Å². The molecule has 68 valence electrons. The first kappa shape index (κ1) is 9.34. The average molecular weight is 194 g/mol. The first-order valence-electron chi connectivity index (χ1n) is 3.34. The first-order valence-corrected chi connectivity index (χ1v) is 4.22. The molecule has 0 bridgehead atoms. The van der Waals surface area contributed by atoms with E-state index < -0.39 is 6.43 Å². The fourth-order valence-corrected chi connectivity index (χ4v) is 1.30. The van der Waals surface area contributed by atoms with Crippen molar-refractivity contribution in [2.75, 3.05) is 6.54 Å². The van der Waals surface area contributed by atoms with Gasteiger partial charge in [-0.2, -0.15) is 0 Å². The highest BCUT2D eigenvalue weighted by Gasteiger charge is 2.01. The highest BCUT2D eigenvalue weighted by Crippen LogP contribution is 1.95. The van der Waals surface area contributed by atoms with E-state index >= 15 is 0 Å². The summed E-state index contributed by atoms with van der Waals surface area (Å²) in [5.74, 6) is 0. The highest BCUT2D eigenvalue weighted by atomic mass is 32.1. The molecule has 0 aliphatic rings. The molecule has 3 nitrogen and oxygen atoms in total. The van der Waals surface area contributed by atoms with Gasteiger partial charge in [0, 0.05) is 17.6 Å². The van der Waals surface area contributed by atoms with Gasteiger partial charge in [-0.1, -0.05) is 11.3 Å². The molecule has 0 atom stereocenters. The molecule has 0 unspecified atom stereocenters. The van der Waals surface area contributed by atoms with Gasteiger partial charge in [-0.05, 0) is 0 Å². The van der Waals surface area contributed by atoms with Crippen LogP contribution in [-0.2, 0) is 6.54 Å². The van der Waals surface area contributed by atoms with E-state index in [2.05, 4.69) is 10.3 Å². The number of thiazole rings is 1. The highest BCUT2D eigenvalue weighted by molar-refractivity contribution is 7.07. The maximum atomic E-state index is 11.6. The van der Waals surface area contributed by atoms with E-state index in [0.717, 1.165) is 11.3 Å². The number of aromatic nitrogens is 1. The predicted molar refractivity (Wildman–Crippen MR) is 42.7 cm³/mol. The van der Waals surface area contributed by atoms with Gasteiger partial charge in [0.1, 0.15) is 0 Å². The van der Waals surface area contributed by atoms with Crippen LogP contribution in [0.15, 0.2) is 10.2 Å². The topological polar surface area (TPSA) is 44.9 Å². The van der Waals surface area contributed by atoms with Gasteiger partial charge in [0.05, 0.1) is 6.54 Å². The van der Waals surface area contributed by atoms with Gasteiger partial charge in [0.25, 0.3) is 6.43 Å². The summed E-state index contributed by atoms with van der Waals surface area (Å²) in [5.41, 5.74) is 0.644. The number of nitrogens with one attached hydrogen (secondary N) is 2. The third kappa shape index (κ3) is 3.10. The molecule has 12 heavy (non-hydrogen) atoms. The second-order valence-electron chi connectivity index (χ2n) is 2.20. The lowest BCUT2D eigenvalue weighted by Gasteiger charge is -2.00. The number of rotatable bonds is 4. The fraction of sp³-hybridized carbons (Fsp3) is 0.500. The van der Waals surface area contributed by atoms with Crippen molar-refractivity contribution in [3.63, 3.8) is 0 Å². The van der Waals surface area contributed by atoms with Crippen LogP contribution in [-0.4, -0.2) is 18.0 Å². The third-order valence-corrected chi connectivity index (χ3v) is 1.90. The molecule has 1 rings (SSSR count). The van der Waals surface area contributed by atoms with Crippen molar-refractivity contribution < 1.29 is 8.78 Å². The summed E-state index contributed by atoms with van der Waals surface area (Å²) in [6.07, 6.45) is -2.35. The Labute approximate surface area is 71.4 Å². The van der Waals surface area contributed by atoms with E-state index in [1.165, 1.54) is 0 Å². The van der Waals surface area contributed by atoms with Gasteiger partial charge in [0.15, 0.2) is 0 Å². The van der Waals surface area contributed by atoms with Crippen LogP contribution in [0, 0.1) is 0 Å². The maximum Gasteiger partial charge on any atom is 0.304 e. The Morgan fingerprint density at radius 1 is 1.67 bits per heavy atom. The van der Waals surface area contributed by atoms with E-state index in [1.54, 1.807) is 5.38 Å². The summed E-state index contributed by atoms with van der Waals surface area (Å²) >= 11 is 1.02. The van der Waals surface area contributed by atoms with Crippen molar-refractivity contribution >= 4 is 11.3 Å². The predicted octanol–water partition coefficient (Wildman–Crippen LogP) is 0.791. The minimum absolute atomic E-state index is 0.163. The van der Waals surface area contributed by atoms with Crippen molar-refractivity contribution in [1.82, 2.24) is 10.3 Å². The average Bonchev–Trinajstić information content (AvgIpc) is 2.35. The van der Waals surface area contributed by atoms with Crippen LogP contribution >= 0.6 is 11.3 Å². The summed E-state index contributed by atoms with van der Waals surface area (Å²) in [5, 5.41) is 4.11. The monoisotopic (exact) mass is 194 g/mol. The Hall–Kier alpha value is -0.750. The molecule has 0 spiro atoms. The molecule has 0 aromatic carbocycles. The summed E-state index contributed by atoms with van der Waals surface area (Å²) in [7, 11) is 0. The minimum Gasteiger partial charge on any atom is -0.315 e. The van der Waals surface area contributed by atoms with E-state index in [9.17, 15) is 13.6 Å². The van der Waals surface area contributed by atoms with Gasteiger partial charge < -0.3 is 10.3 Å². The molecule has 1 aromatic rings. The number of alkyl halides is 2. The summed E-state index contributed by atoms with van der Waals surface area (Å²) in [6.45, 7) is -0.0685. The van der Waals surface area contributed by atoms with Crippen molar-refractivity contribution in [2.45, 2.75) is 13.0 Å². The van der Waals surface area contributed by atoms with Gasteiger partial charge >= 0.3 is 4.87 Å². The molecule has 0 aliphatic heterocycles. The van der Waals surface area contributed by atoms with Gasteiger partial charge in [-0.25, -0.2) is 8.78 Å². The quantitative estimate of drug-likeness (QED) is 0.744. The summed E-state index contributed by atoms with van der Waals surface area (Å²) in [4.78, 5) is 12.9. The molecule has 1 aromatic heterocycles. The Kier molecular flexibility index (Phi) is 3.36. The van der Waals surface area contributed by atoms with Crippen LogP contribution in [0.1, 0.15) is 5.69 Å². The molecule has 6 heteroatoms. The lowest BCUT2D eigenvalue weighted by Crippen LogP contribution is -2.21. The SMILES string of the molecule is O=c1[nH]c(CNCC(F)F)cs1. The fourth-order valence-electron chi connectivity index (χ4n) is 0.716. The molecule has 1 heterocycles. The van der Waals surface area contributed by atoms with Crippen LogP contribution < -0.4 is 10.2 Å². The van der Waals surface area contributed by atoms with Crippen LogP contribution in [0.2, 0.25) is 0 Å². The van der Waals surface area contributed by atoms with Crippen LogP contribution in [0.4, 0.5) is 8.78 Å². The van der Waals surface area contributed by atoms with Gasteiger partial charge in [0.2, 0.25) is 0 Å². The molecule has 0 amide bonds. The molecule has 2 N–H and O–H groups in total. The minimum atomic E-state index is -2.35. The number of hydrogen-bond acceptors (Lipinski definition) is 3. The zero-order valence-electron chi connectivity index (χ0n) is 6.14. The normalized spacial score (nSPS) is 10.9. The Bertz CT molecular complexity index is 283. The molecule has 0 fully saturated rings. The van der Waals surface area contributed by atoms with Gasteiger partial charge in [-0.15, -0.1) is 0 Å². The number of hydrogen-bond donors (Lipinski definition) is 2. The lowest BCUT2D eigenvalue weighted by molar-refractivity contribution is 0.145. The Morgan fingerprint density at radius 2 is 2.42 bits per heavy atom. The lowest BCUT2D eigenvalue weighted by atomic mass is 10.5. The largest absolute Gasteiger partial charge is 0.315 e. The Morgan fingerprint density at radius 3 is 2.92 bits per heavy atom. The van der Waals surface area contributed by atoms with E-state index in [-0.39, 0.29) is 18.0 Å². The second kappa shape index (κ2) is 4.32. The second-order valence-corrected chi connectivity index (χ2v) is 3.04. The molecule has 0 aliphatic carbocycles. The summed E-state index contributed by atoms with van der Waals surface area (Å²) in [6, 6.07) is 0. The smallest absolute Gasteiger partial charge is 0.304 e. The number of halogens is 2. The van der Waals surface area contributed by atoms with E-state index in [0.29, 0.717) is 5.69 Å². The molecule has 0 radical (unpaired) electrons. The van der Waals surface area contributed by atoms with Crippen molar-refractivity contribution in [3.05, 3.63) is 20.7 Å². The van der Waals surface area contributed by atoms with Crippen LogP contribution in [0.3, 0.4) is 0 Å². The number of aromatic amines is 1. The van der Waals surface area contributed by atoms with E-state index in [1.807, 2.05) is 0 Å². The zero-order valence-corrected chi connectivity index (χ0v) is 6.96. The van der Waals surface area contributed by atoms with Crippen molar-refractivity contribution in [1.29, 1.82) is 0 Å². The zero-order chi connectivity index (χ0) is 8.97. The number of H-pyrrole nitrogens is 1. The standard InChI is InChI=1S/C6H8F2N2OS/c7-5(8)2-9-1-4-3-12-6(11)10-4/h3,5,9H,1-2H2,(H,10,11). The molecular weight excluding hydrogens is 186 g/mol. The van der Waals surface area contributed by atoms with Crippen LogP contribution in [0.5, 0.6) is 0 Å². The van der Waals surface area contributed by atoms with Crippen molar-refractivity contribution in [3.8, 4) is 0 Å². The van der Waals surface area contributed by atoms with E-state index in [4.69, 9.17) is 0 Å². The third-order valence-electron chi connectivity index (χ3n) is 1.18. The van der Waals surface area contributed by atoms with Gasteiger partial charge in [-0.3, -0.25) is 4.79 Å². The Balaban J connectivity index is 2.29. The molecular formula is C6H8F2N2OS. The first-order chi connectivity index (χ1) is 5.68.